The molecule has 18 heavy (non-hydrogen) atoms. The maximum absolute atomic E-state index is 5.87. The van der Waals surface area contributed by atoms with Crippen molar-refractivity contribution in [2.75, 3.05) is 7.05 Å². The minimum atomic E-state index is -0.0152. The second-order valence-electron chi connectivity index (χ2n) is 4.37. The Hall–Kier alpha value is -2.07. The highest BCUT2D eigenvalue weighted by molar-refractivity contribution is 5.77. The summed E-state index contributed by atoms with van der Waals surface area (Å²) in [7, 11) is 3.87. The van der Waals surface area contributed by atoms with Crippen molar-refractivity contribution in [1.29, 1.82) is 0 Å². The summed E-state index contributed by atoms with van der Waals surface area (Å²) in [5, 5.41) is 4.35. The average molecular weight is 241 g/mol. The first-order chi connectivity index (χ1) is 8.78. The molecule has 0 fully saturated rings. The van der Waals surface area contributed by atoms with Gasteiger partial charge >= 0.3 is 0 Å². The highest BCUT2D eigenvalue weighted by Crippen LogP contribution is 2.26. The molecule has 3 rings (SSSR count). The molecule has 0 saturated heterocycles. The normalized spacial score (nSPS) is 13.0. The quantitative estimate of drug-likeness (QED) is 0.766. The molecule has 1 unspecified atom stereocenters. The van der Waals surface area contributed by atoms with E-state index in [1.807, 2.05) is 49.1 Å². The smallest absolute Gasteiger partial charge is 0.134 e. The van der Waals surface area contributed by atoms with Crippen LogP contribution in [-0.4, -0.2) is 16.6 Å². The third-order valence-corrected chi connectivity index (χ3v) is 3.04. The molecule has 0 saturated carbocycles. The maximum atomic E-state index is 5.87. The number of hydrogen-bond donors (Lipinski definition) is 1. The zero-order valence-corrected chi connectivity index (χ0v) is 10.4. The van der Waals surface area contributed by atoms with Crippen LogP contribution in [0.4, 0.5) is 0 Å². The lowest BCUT2D eigenvalue weighted by Crippen LogP contribution is -2.17. The maximum Gasteiger partial charge on any atom is 0.134 e. The van der Waals surface area contributed by atoms with Gasteiger partial charge in [0.25, 0.3) is 0 Å². The number of rotatable bonds is 3. The molecule has 1 atom stereocenters. The van der Waals surface area contributed by atoms with Crippen LogP contribution >= 0.6 is 0 Å². The summed E-state index contributed by atoms with van der Waals surface area (Å²) >= 11 is 0. The van der Waals surface area contributed by atoms with Crippen molar-refractivity contribution in [3.05, 3.63) is 54.3 Å². The van der Waals surface area contributed by atoms with Gasteiger partial charge in [-0.05, 0) is 19.2 Å². The van der Waals surface area contributed by atoms with Gasteiger partial charge in [-0.3, -0.25) is 0 Å². The van der Waals surface area contributed by atoms with Gasteiger partial charge < -0.3 is 14.3 Å². The van der Waals surface area contributed by atoms with Gasteiger partial charge in [-0.1, -0.05) is 18.2 Å². The second kappa shape index (κ2) is 4.31. The molecule has 0 aliphatic heterocycles. The number of aryl methyl sites for hydroxylation is 1. The van der Waals surface area contributed by atoms with Crippen LogP contribution < -0.4 is 5.32 Å². The first-order valence-electron chi connectivity index (χ1n) is 5.91. The Bertz CT molecular complexity index is 635. The first kappa shape index (κ1) is 11.0. The minimum Gasteiger partial charge on any atom is -0.459 e. The van der Waals surface area contributed by atoms with E-state index in [1.165, 1.54) is 0 Å². The number of aromatic nitrogens is 2. The highest BCUT2D eigenvalue weighted by atomic mass is 16.3. The van der Waals surface area contributed by atoms with Crippen LogP contribution in [0.15, 0.2) is 47.3 Å². The Morgan fingerprint density at radius 1 is 1.33 bits per heavy atom. The lowest BCUT2D eigenvalue weighted by atomic mass is 10.1. The van der Waals surface area contributed by atoms with Crippen LogP contribution in [0.3, 0.4) is 0 Å². The summed E-state index contributed by atoms with van der Waals surface area (Å²) < 4.78 is 7.81. The summed E-state index contributed by atoms with van der Waals surface area (Å²) in [5.74, 6) is 0.886. The fourth-order valence-electron chi connectivity index (χ4n) is 2.16. The SMILES string of the molecule is CNC(c1cn(C)cn1)c1cc2ccccc2o1. The van der Waals surface area contributed by atoms with E-state index in [0.29, 0.717) is 0 Å². The van der Waals surface area contributed by atoms with E-state index in [4.69, 9.17) is 4.42 Å². The van der Waals surface area contributed by atoms with E-state index in [9.17, 15) is 0 Å². The van der Waals surface area contributed by atoms with Crippen LogP contribution in [0.1, 0.15) is 17.5 Å². The third kappa shape index (κ3) is 1.80. The van der Waals surface area contributed by atoms with Crippen LogP contribution in [-0.2, 0) is 7.05 Å². The Morgan fingerprint density at radius 3 is 2.83 bits per heavy atom. The zero-order valence-electron chi connectivity index (χ0n) is 10.4. The number of benzene rings is 1. The Kier molecular flexibility index (Phi) is 2.64. The molecule has 0 amide bonds. The van der Waals surface area contributed by atoms with Gasteiger partial charge in [-0.2, -0.15) is 0 Å². The fourth-order valence-corrected chi connectivity index (χ4v) is 2.16. The summed E-state index contributed by atoms with van der Waals surface area (Å²) in [5.41, 5.74) is 1.86. The number of nitrogens with one attached hydrogen (secondary N) is 1. The van der Waals surface area contributed by atoms with E-state index in [-0.39, 0.29) is 6.04 Å². The molecule has 2 heterocycles. The van der Waals surface area contributed by atoms with Gasteiger partial charge in [0.15, 0.2) is 0 Å². The van der Waals surface area contributed by atoms with Crippen LogP contribution in [0.25, 0.3) is 11.0 Å². The standard InChI is InChI=1S/C14H15N3O/c1-15-14(11-8-17(2)9-16-11)13-7-10-5-3-4-6-12(10)18-13/h3-9,14-15H,1-2H3. The average Bonchev–Trinajstić information content (AvgIpc) is 2.96. The molecule has 4 heteroatoms. The number of para-hydroxylation sites is 1. The molecular formula is C14H15N3O. The van der Waals surface area contributed by atoms with E-state index in [2.05, 4.69) is 16.4 Å². The predicted molar refractivity (Wildman–Crippen MR) is 70.3 cm³/mol. The third-order valence-electron chi connectivity index (χ3n) is 3.04. The lowest BCUT2D eigenvalue weighted by molar-refractivity contribution is 0.486. The Labute approximate surface area is 105 Å². The molecular weight excluding hydrogens is 226 g/mol. The summed E-state index contributed by atoms with van der Waals surface area (Å²) in [6, 6.07) is 10.1. The molecule has 0 aliphatic carbocycles. The van der Waals surface area contributed by atoms with Gasteiger partial charge in [0.05, 0.1) is 12.0 Å². The Morgan fingerprint density at radius 2 is 2.17 bits per heavy atom. The van der Waals surface area contributed by atoms with Crippen molar-refractivity contribution in [2.45, 2.75) is 6.04 Å². The van der Waals surface area contributed by atoms with E-state index in [0.717, 1.165) is 22.4 Å². The first-order valence-corrected chi connectivity index (χ1v) is 5.91. The van der Waals surface area contributed by atoms with Crippen molar-refractivity contribution >= 4 is 11.0 Å². The number of imidazole rings is 1. The molecule has 1 N–H and O–H groups in total. The second-order valence-corrected chi connectivity index (χ2v) is 4.37. The van der Waals surface area contributed by atoms with Gasteiger partial charge in [0, 0.05) is 18.6 Å². The lowest BCUT2D eigenvalue weighted by Gasteiger charge is -2.10. The minimum absolute atomic E-state index is 0.0152. The summed E-state index contributed by atoms with van der Waals surface area (Å²) in [6.45, 7) is 0. The van der Waals surface area contributed by atoms with Gasteiger partial charge in [-0.25, -0.2) is 4.98 Å². The molecule has 3 aromatic rings. The van der Waals surface area contributed by atoms with Crippen molar-refractivity contribution < 1.29 is 4.42 Å². The Balaban J connectivity index is 2.05. The molecule has 92 valence electrons. The molecule has 4 nitrogen and oxygen atoms in total. The molecule has 0 aliphatic rings. The zero-order chi connectivity index (χ0) is 12.5. The predicted octanol–water partition coefficient (Wildman–Crippen LogP) is 2.48. The molecule has 0 spiro atoms. The number of fused-ring (bicyclic) bond motifs is 1. The van der Waals surface area contributed by atoms with Crippen LogP contribution in [0.5, 0.6) is 0 Å². The topological polar surface area (TPSA) is 43.0 Å². The molecule has 0 radical (unpaired) electrons. The summed E-state index contributed by atoms with van der Waals surface area (Å²) in [6.07, 6.45) is 3.79. The van der Waals surface area contributed by atoms with Crippen molar-refractivity contribution in [3.63, 3.8) is 0 Å². The van der Waals surface area contributed by atoms with E-state index < -0.39 is 0 Å². The molecule has 2 aromatic heterocycles. The van der Waals surface area contributed by atoms with E-state index in [1.54, 1.807) is 6.33 Å². The van der Waals surface area contributed by atoms with Crippen LogP contribution in [0, 0.1) is 0 Å². The number of hydrogen-bond acceptors (Lipinski definition) is 3. The van der Waals surface area contributed by atoms with Gasteiger partial charge in [0.1, 0.15) is 17.4 Å². The molecule has 1 aromatic carbocycles. The highest BCUT2D eigenvalue weighted by Gasteiger charge is 2.18. The largest absolute Gasteiger partial charge is 0.459 e. The van der Waals surface area contributed by atoms with Crippen molar-refractivity contribution in [1.82, 2.24) is 14.9 Å². The number of furan rings is 1. The number of nitrogens with zero attached hydrogens (tertiary/aromatic N) is 2. The van der Waals surface area contributed by atoms with Gasteiger partial charge in [-0.15, -0.1) is 0 Å². The van der Waals surface area contributed by atoms with Crippen molar-refractivity contribution in [2.24, 2.45) is 7.05 Å². The fraction of sp³-hybridized carbons (Fsp3) is 0.214. The monoisotopic (exact) mass is 241 g/mol. The van der Waals surface area contributed by atoms with Gasteiger partial charge in [0.2, 0.25) is 0 Å². The molecule has 0 bridgehead atoms. The van der Waals surface area contributed by atoms with Crippen molar-refractivity contribution in [3.8, 4) is 0 Å². The van der Waals surface area contributed by atoms with Crippen LogP contribution in [0.2, 0.25) is 0 Å². The van der Waals surface area contributed by atoms with E-state index >= 15 is 0 Å². The summed E-state index contributed by atoms with van der Waals surface area (Å²) in [4.78, 5) is 4.37.